The van der Waals surface area contributed by atoms with Gasteiger partial charge < -0.3 is 4.90 Å². The third-order valence-electron chi connectivity index (χ3n) is 4.24. The van der Waals surface area contributed by atoms with Crippen LogP contribution in [0.25, 0.3) is 0 Å². The third kappa shape index (κ3) is 1.59. The Morgan fingerprint density at radius 3 is 2.83 bits per heavy atom. The molecule has 2 aliphatic heterocycles. The highest BCUT2D eigenvalue weighted by molar-refractivity contribution is 5.98. The fourth-order valence-electron chi connectivity index (χ4n) is 3.14. The summed E-state index contributed by atoms with van der Waals surface area (Å²) in [6.45, 7) is 7.22. The first-order valence-electron chi connectivity index (χ1n) is 6.69. The number of carbonyl (C=O) groups is 1. The zero-order valence-electron chi connectivity index (χ0n) is 11.3. The van der Waals surface area contributed by atoms with Gasteiger partial charge in [-0.05, 0) is 37.8 Å². The number of anilines is 1. The zero-order valence-corrected chi connectivity index (χ0v) is 11.3. The number of rotatable bonds is 0. The van der Waals surface area contributed by atoms with Gasteiger partial charge in [-0.3, -0.25) is 4.79 Å². The van der Waals surface area contributed by atoms with Gasteiger partial charge in [-0.1, -0.05) is 24.6 Å². The molecule has 2 aliphatic rings. The van der Waals surface area contributed by atoms with Crippen LogP contribution in [0, 0.1) is 6.92 Å². The number of nitrogens with zero attached hydrogens (tertiary/aromatic N) is 1. The third-order valence-corrected chi connectivity index (χ3v) is 4.24. The molecule has 0 aliphatic carbocycles. The number of hydrogen-bond acceptors (Lipinski definition) is 2. The Balaban J connectivity index is 2.17. The molecular formula is C16H19NO. The lowest BCUT2D eigenvalue weighted by atomic mass is 9.84. The summed E-state index contributed by atoms with van der Waals surface area (Å²) in [4.78, 5) is 14.2. The minimum atomic E-state index is 0.323. The Hall–Kier alpha value is -1.57. The number of carbonyl (C=O) groups excluding carboxylic acids is 1. The van der Waals surface area contributed by atoms with Crippen LogP contribution < -0.4 is 4.90 Å². The van der Waals surface area contributed by atoms with E-state index in [0.29, 0.717) is 18.1 Å². The van der Waals surface area contributed by atoms with E-state index in [4.69, 9.17) is 0 Å². The lowest BCUT2D eigenvalue weighted by molar-refractivity contribution is -0.115. The van der Waals surface area contributed by atoms with Gasteiger partial charge in [0, 0.05) is 29.9 Å². The maximum Gasteiger partial charge on any atom is 0.162 e. The molecule has 0 N–H and O–H groups in total. The highest BCUT2D eigenvalue weighted by atomic mass is 16.1. The summed E-state index contributed by atoms with van der Waals surface area (Å²) < 4.78 is 0. The van der Waals surface area contributed by atoms with Gasteiger partial charge in [0.2, 0.25) is 0 Å². The second-order valence-corrected chi connectivity index (χ2v) is 5.56. The zero-order chi connectivity index (χ0) is 12.9. The Kier molecular flexibility index (Phi) is 2.54. The molecule has 0 fully saturated rings. The highest BCUT2D eigenvalue weighted by Gasteiger charge is 2.31. The molecular weight excluding hydrogens is 222 g/mol. The smallest absolute Gasteiger partial charge is 0.162 e. The van der Waals surface area contributed by atoms with E-state index in [2.05, 4.69) is 36.9 Å². The average molecular weight is 241 g/mol. The van der Waals surface area contributed by atoms with Crippen LogP contribution in [0.2, 0.25) is 0 Å². The Labute approximate surface area is 108 Å². The second kappa shape index (κ2) is 3.98. The fraction of sp³-hybridized carbons (Fsp3) is 0.438. The quantitative estimate of drug-likeness (QED) is 0.692. The van der Waals surface area contributed by atoms with Crippen LogP contribution >= 0.6 is 0 Å². The van der Waals surface area contributed by atoms with Crippen LogP contribution in [-0.4, -0.2) is 12.3 Å². The predicted molar refractivity (Wildman–Crippen MR) is 73.9 cm³/mol. The first kappa shape index (κ1) is 11.5. The second-order valence-electron chi connectivity index (χ2n) is 5.56. The average Bonchev–Trinajstić information content (AvgIpc) is 2.35. The van der Waals surface area contributed by atoms with E-state index in [1.54, 1.807) is 0 Å². The monoisotopic (exact) mass is 241 g/mol. The molecule has 1 atom stereocenters. The lowest BCUT2D eigenvalue weighted by Gasteiger charge is -2.40. The fourth-order valence-corrected chi connectivity index (χ4v) is 3.14. The first-order chi connectivity index (χ1) is 8.58. The number of benzene rings is 1. The van der Waals surface area contributed by atoms with Crippen LogP contribution in [-0.2, 0) is 4.79 Å². The molecule has 0 saturated heterocycles. The molecule has 3 rings (SSSR count). The molecule has 0 aromatic heterocycles. The molecule has 94 valence electrons. The summed E-state index contributed by atoms with van der Waals surface area (Å²) in [7, 11) is 0. The minimum Gasteiger partial charge on any atom is -0.344 e. The van der Waals surface area contributed by atoms with Gasteiger partial charge >= 0.3 is 0 Å². The number of ketones is 1. The molecule has 1 aromatic carbocycles. The largest absolute Gasteiger partial charge is 0.344 e. The Morgan fingerprint density at radius 1 is 1.28 bits per heavy atom. The van der Waals surface area contributed by atoms with E-state index in [1.807, 2.05) is 6.92 Å². The van der Waals surface area contributed by atoms with E-state index in [-0.39, 0.29) is 0 Å². The highest BCUT2D eigenvalue weighted by Crippen LogP contribution is 2.43. The van der Waals surface area contributed by atoms with Crippen molar-refractivity contribution in [1.29, 1.82) is 0 Å². The topological polar surface area (TPSA) is 20.3 Å². The molecule has 1 aromatic rings. The van der Waals surface area contributed by atoms with Gasteiger partial charge in [0.05, 0.1) is 0 Å². The summed E-state index contributed by atoms with van der Waals surface area (Å²) in [6.07, 6.45) is 1.64. The van der Waals surface area contributed by atoms with Gasteiger partial charge in [0.15, 0.2) is 5.78 Å². The summed E-state index contributed by atoms with van der Waals surface area (Å²) in [5.74, 6) is 0.830. The van der Waals surface area contributed by atoms with Gasteiger partial charge in [-0.2, -0.15) is 0 Å². The van der Waals surface area contributed by atoms with E-state index in [9.17, 15) is 4.79 Å². The number of fused-ring (bicyclic) bond motifs is 3. The van der Waals surface area contributed by atoms with Crippen molar-refractivity contribution in [1.82, 2.24) is 0 Å². The molecule has 0 radical (unpaired) electrons. The number of Topliss-reactive ketones (excluding diaryl/α,β-unsaturated/α-hetero) is 1. The molecule has 18 heavy (non-hydrogen) atoms. The normalized spacial score (nSPS) is 22.9. The van der Waals surface area contributed by atoms with Crippen LogP contribution in [0.3, 0.4) is 0 Å². The minimum absolute atomic E-state index is 0.323. The summed E-state index contributed by atoms with van der Waals surface area (Å²) in [6, 6.07) is 6.67. The van der Waals surface area contributed by atoms with Crippen molar-refractivity contribution in [2.75, 3.05) is 11.4 Å². The van der Waals surface area contributed by atoms with Crippen LogP contribution in [0.1, 0.15) is 43.7 Å². The molecule has 0 bridgehead atoms. The molecule has 0 unspecified atom stereocenters. The SMILES string of the molecule is CC1=C2C[C@H](C)c3cc(C)ccc3N2CCC1=O. The maximum absolute atomic E-state index is 11.8. The van der Waals surface area contributed by atoms with Crippen molar-refractivity contribution >= 4 is 11.5 Å². The van der Waals surface area contributed by atoms with Crippen molar-refractivity contribution in [2.24, 2.45) is 0 Å². The number of allylic oxidation sites excluding steroid dienone is 2. The predicted octanol–water partition coefficient (Wildman–Crippen LogP) is 3.56. The molecule has 0 spiro atoms. The van der Waals surface area contributed by atoms with Crippen LogP contribution in [0.5, 0.6) is 0 Å². The van der Waals surface area contributed by atoms with E-state index >= 15 is 0 Å². The van der Waals surface area contributed by atoms with Gasteiger partial charge in [0.25, 0.3) is 0 Å². The van der Waals surface area contributed by atoms with Crippen LogP contribution in [0.4, 0.5) is 5.69 Å². The van der Waals surface area contributed by atoms with Crippen molar-refractivity contribution in [3.8, 4) is 0 Å². The van der Waals surface area contributed by atoms with Gasteiger partial charge in [-0.25, -0.2) is 0 Å². The first-order valence-corrected chi connectivity index (χ1v) is 6.69. The summed E-state index contributed by atoms with van der Waals surface area (Å²) in [5.41, 5.74) is 6.27. The maximum atomic E-state index is 11.8. The lowest BCUT2D eigenvalue weighted by Crippen LogP contribution is -2.36. The molecule has 2 nitrogen and oxygen atoms in total. The summed E-state index contributed by atoms with van der Waals surface area (Å²) in [5, 5.41) is 0. The number of hydrogen-bond donors (Lipinski definition) is 0. The standard InChI is InChI=1S/C16H19NO/c1-10-4-5-14-13(8-10)11(2)9-15-12(3)16(18)6-7-17(14)15/h4-5,8,11H,6-7,9H2,1-3H3/t11-/m0/s1. The van der Waals surface area contributed by atoms with Gasteiger partial charge in [-0.15, -0.1) is 0 Å². The van der Waals surface area contributed by atoms with Crippen molar-refractivity contribution in [2.45, 2.75) is 39.5 Å². The van der Waals surface area contributed by atoms with Gasteiger partial charge in [0.1, 0.15) is 0 Å². The van der Waals surface area contributed by atoms with E-state index in [0.717, 1.165) is 18.5 Å². The molecule has 0 amide bonds. The Morgan fingerprint density at radius 2 is 2.06 bits per heavy atom. The Bertz CT molecular complexity index is 556. The van der Waals surface area contributed by atoms with E-state index in [1.165, 1.54) is 22.5 Å². The molecule has 2 heterocycles. The van der Waals surface area contributed by atoms with E-state index < -0.39 is 0 Å². The van der Waals surface area contributed by atoms with Crippen molar-refractivity contribution in [3.05, 3.63) is 40.6 Å². The summed E-state index contributed by atoms with van der Waals surface area (Å²) >= 11 is 0. The number of aryl methyl sites for hydroxylation is 1. The van der Waals surface area contributed by atoms with Crippen LogP contribution in [0.15, 0.2) is 29.5 Å². The van der Waals surface area contributed by atoms with Crippen molar-refractivity contribution in [3.63, 3.8) is 0 Å². The molecule has 2 heteroatoms. The molecule has 0 saturated carbocycles. The van der Waals surface area contributed by atoms with Crippen molar-refractivity contribution < 1.29 is 4.79 Å².